The van der Waals surface area contributed by atoms with Crippen molar-refractivity contribution in [1.29, 1.82) is 0 Å². The Labute approximate surface area is 159 Å². The minimum absolute atomic E-state index is 0.168. The molecule has 0 saturated heterocycles. The van der Waals surface area contributed by atoms with E-state index in [-0.39, 0.29) is 12.4 Å². The highest BCUT2D eigenvalue weighted by atomic mass is 79.9. The molecule has 132 valence electrons. The number of rotatable bonds is 5. The largest absolute Gasteiger partial charge is 0.445 e. The molecule has 3 nitrogen and oxygen atoms in total. The van der Waals surface area contributed by atoms with Crippen molar-refractivity contribution in [2.24, 2.45) is 0 Å². The number of amides is 1. The molecule has 0 radical (unpaired) electrons. The highest BCUT2D eigenvalue weighted by molar-refractivity contribution is 9.10. The first-order valence-electron chi connectivity index (χ1n) is 8.10. The Morgan fingerprint density at radius 2 is 1.65 bits per heavy atom. The van der Waals surface area contributed by atoms with Gasteiger partial charge in [-0.3, -0.25) is 0 Å². The minimum atomic E-state index is -0.567. The molecule has 1 unspecified atom stereocenters. The molecule has 0 bridgehead atoms. The number of hydrogen-bond donors (Lipinski definition) is 1. The predicted molar refractivity (Wildman–Crippen MR) is 102 cm³/mol. The molecule has 0 aromatic heterocycles. The lowest BCUT2D eigenvalue weighted by Gasteiger charge is -2.20. The number of benzene rings is 3. The van der Waals surface area contributed by atoms with E-state index in [1.165, 1.54) is 12.1 Å². The molecule has 1 atom stereocenters. The molecule has 3 aromatic rings. The quantitative estimate of drug-likeness (QED) is 0.590. The highest BCUT2D eigenvalue weighted by Crippen LogP contribution is 2.25. The van der Waals surface area contributed by atoms with Crippen molar-refractivity contribution >= 4 is 22.0 Å². The lowest BCUT2D eigenvalue weighted by molar-refractivity contribution is 0.137. The van der Waals surface area contributed by atoms with Crippen LogP contribution in [0.5, 0.6) is 0 Å². The van der Waals surface area contributed by atoms with Crippen LogP contribution < -0.4 is 5.32 Å². The zero-order valence-corrected chi connectivity index (χ0v) is 15.4. The number of carbonyl (C=O) groups excluding carboxylic acids is 1. The van der Waals surface area contributed by atoms with Crippen LogP contribution in [0.15, 0.2) is 83.3 Å². The van der Waals surface area contributed by atoms with Gasteiger partial charge in [0.2, 0.25) is 0 Å². The van der Waals surface area contributed by atoms with E-state index >= 15 is 0 Å². The van der Waals surface area contributed by atoms with Crippen LogP contribution in [0, 0.1) is 5.82 Å². The first-order chi connectivity index (χ1) is 12.6. The van der Waals surface area contributed by atoms with Gasteiger partial charge < -0.3 is 10.1 Å². The van der Waals surface area contributed by atoms with Crippen LogP contribution in [0.2, 0.25) is 0 Å². The summed E-state index contributed by atoms with van der Waals surface area (Å²) in [6, 6.07) is 22.6. The van der Waals surface area contributed by atoms with Gasteiger partial charge in [-0.2, -0.15) is 0 Å². The predicted octanol–water partition coefficient (Wildman–Crippen LogP) is 5.60. The fourth-order valence-electron chi connectivity index (χ4n) is 2.61. The fraction of sp³-hybridized carbons (Fsp3) is 0.0952. The average Bonchev–Trinajstić information content (AvgIpc) is 2.65. The third kappa shape index (κ3) is 4.92. The van der Waals surface area contributed by atoms with Crippen molar-refractivity contribution in [3.05, 3.63) is 106 Å². The van der Waals surface area contributed by atoms with Crippen LogP contribution in [0.3, 0.4) is 0 Å². The van der Waals surface area contributed by atoms with Gasteiger partial charge in [0.25, 0.3) is 0 Å². The summed E-state index contributed by atoms with van der Waals surface area (Å²) in [6.45, 7) is 0.168. The van der Waals surface area contributed by atoms with E-state index < -0.39 is 12.1 Å². The molecular formula is C21H17BrFNO2. The Hall–Kier alpha value is -2.66. The van der Waals surface area contributed by atoms with Crippen LogP contribution in [-0.2, 0) is 11.3 Å². The molecular weight excluding hydrogens is 397 g/mol. The van der Waals surface area contributed by atoms with Crippen molar-refractivity contribution in [2.75, 3.05) is 0 Å². The monoisotopic (exact) mass is 413 g/mol. The molecule has 0 saturated carbocycles. The van der Waals surface area contributed by atoms with E-state index in [2.05, 4.69) is 21.2 Å². The van der Waals surface area contributed by atoms with Crippen LogP contribution in [0.4, 0.5) is 9.18 Å². The number of ether oxygens (including phenoxy) is 1. The van der Waals surface area contributed by atoms with Gasteiger partial charge in [-0.05, 0) is 41.0 Å². The summed E-state index contributed by atoms with van der Waals surface area (Å²) in [5, 5.41) is 2.83. The number of carbonyl (C=O) groups is 1. The molecule has 0 fully saturated rings. The second-order valence-corrected chi connectivity index (χ2v) is 6.66. The SMILES string of the molecule is O=C(NC(c1cccc(F)c1)c1cccc(Br)c1)OCc1ccccc1. The maximum atomic E-state index is 13.7. The van der Waals surface area contributed by atoms with Crippen molar-refractivity contribution in [1.82, 2.24) is 5.32 Å². The lowest BCUT2D eigenvalue weighted by atomic mass is 9.99. The fourth-order valence-corrected chi connectivity index (χ4v) is 3.03. The summed E-state index contributed by atoms with van der Waals surface area (Å²) in [7, 11) is 0. The van der Waals surface area contributed by atoms with Gasteiger partial charge >= 0.3 is 6.09 Å². The Kier molecular flexibility index (Phi) is 6.02. The summed E-state index contributed by atoms with van der Waals surface area (Å²) >= 11 is 3.43. The van der Waals surface area contributed by atoms with Gasteiger partial charge in [-0.25, -0.2) is 9.18 Å². The molecule has 0 heterocycles. The topological polar surface area (TPSA) is 38.3 Å². The normalized spacial score (nSPS) is 11.6. The summed E-state index contributed by atoms with van der Waals surface area (Å²) in [5.41, 5.74) is 2.36. The number of hydrogen-bond acceptors (Lipinski definition) is 2. The molecule has 3 rings (SSSR count). The molecule has 0 aliphatic rings. The maximum Gasteiger partial charge on any atom is 0.408 e. The molecule has 0 spiro atoms. The Morgan fingerprint density at radius 1 is 0.962 bits per heavy atom. The third-order valence-corrected chi connectivity index (χ3v) is 4.33. The molecule has 0 aliphatic heterocycles. The first-order valence-corrected chi connectivity index (χ1v) is 8.89. The number of alkyl carbamates (subject to hydrolysis) is 1. The summed E-state index contributed by atoms with van der Waals surface area (Å²) in [4.78, 5) is 12.3. The highest BCUT2D eigenvalue weighted by Gasteiger charge is 2.18. The van der Waals surface area contributed by atoms with Gasteiger partial charge in [-0.15, -0.1) is 0 Å². The van der Waals surface area contributed by atoms with Crippen LogP contribution in [0.1, 0.15) is 22.7 Å². The van der Waals surface area contributed by atoms with E-state index in [1.54, 1.807) is 12.1 Å². The van der Waals surface area contributed by atoms with Gasteiger partial charge in [0.15, 0.2) is 0 Å². The van der Waals surface area contributed by atoms with E-state index in [0.29, 0.717) is 5.56 Å². The smallest absolute Gasteiger partial charge is 0.408 e. The van der Waals surface area contributed by atoms with E-state index in [1.807, 2.05) is 54.6 Å². The zero-order valence-electron chi connectivity index (χ0n) is 13.9. The molecule has 1 amide bonds. The van der Waals surface area contributed by atoms with Gasteiger partial charge in [0.05, 0.1) is 6.04 Å². The minimum Gasteiger partial charge on any atom is -0.445 e. The van der Waals surface area contributed by atoms with Crippen molar-refractivity contribution in [3.63, 3.8) is 0 Å². The van der Waals surface area contributed by atoms with E-state index in [0.717, 1.165) is 15.6 Å². The Morgan fingerprint density at radius 3 is 2.35 bits per heavy atom. The Balaban J connectivity index is 1.78. The Bertz CT molecular complexity index is 840. The van der Waals surface area contributed by atoms with Crippen LogP contribution >= 0.6 is 15.9 Å². The molecule has 3 aromatic carbocycles. The summed E-state index contributed by atoms with van der Waals surface area (Å²) < 4.78 is 19.9. The second-order valence-electron chi connectivity index (χ2n) is 5.75. The first kappa shape index (κ1) is 18.1. The van der Waals surface area contributed by atoms with E-state index in [4.69, 9.17) is 4.74 Å². The van der Waals surface area contributed by atoms with Gasteiger partial charge in [0.1, 0.15) is 12.4 Å². The molecule has 26 heavy (non-hydrogen) atoms. The molecule has 1 N–H and O–H groups in total. The zero-order chi connectivity index (χ0) is 18.4. The lowest BCUT2D eigenvalue weighted by Crippen LogP contribution is -2.30. The van der Waals surface area contributed by atoms with E-state index in [9.17, 15) is 9.18 Å². The van der Waals surface area contributed by atoms with Crippen molar-refractivity contribution in [3.8, 4) is 0 Å². The molecule has 5 heteroatoms. The summed E-state index contributed by atoms with van der Waals surface area (Å²) in [5.74, 6) is -0.359. The van der Waals surface area contributed by atoms with Crippen molar-refractivity contribution < 1.29 is 13.9 Å². The number of halogens is 2. The van der Waals surface area contributed by atoms with Gasteiger partial charge in [0, 0.05) is 4.47 Å². The maximum absolute atomic E-state index is 13.7. The van der Waals surface area contributed by atoms with Crippen molar-refractivity contribution in [2.45, 2.75) is 12.6 Å². The average molecular weight is 414 g/mol. The third-order valence-electron chi connectivity index (χ3n) is 3.84. The number of nitrogens with one attached hydrogen (secondary N) is 1. The molecule has 0 aliphatic carbocycles. The van der Waals surface area contributed by atoms with Gasteiger partial charge in [-0.1, -0.05) is 70.5 Å². The summed E-state index contributed by atoms with van der Waals surface area (Å²) in [6.07, 6.45) is -0.567. The second kappa shape index (κ2) is 8.63. The van der Waals surface area contributed by atoms with Crippen LogP contribution in [0.25, 0.3) is 0 Å². The van der Waals surface area contributed by atoms with Crippen LogP contribution in [-0.4, -0.2) is 6.09 Å². The standard InChI is InChI=1S/C21H17BrFNO2/c22-18-10-4-8-16(12-18)20(17-9-5-11-19(23)13-17)24-21(25)26-14-15-6-2-1-3-7-15/h1-13,20H,14H2,(H,24,25).